The van der Waals surface area contributed by atoms with Gasteiger partial charge in [0, 0.05) is 19.0 Å². The van der Waals surface area contributed by atoms with E-state index in [0.717, 1.165) is 18.3 Å². The van der Waals surface area contributed by atoms with E-state index in [9.17, 15) is 0 Å². The van der Waals surface area contributed by atoms with Crippen molar-refractivity contribution < 1.29 is 4.42 Å². The highest BCUT2D eigenvalue weighted by Crippen LogP contribution is 2.22. The molecule has 0 aliphatic carbocycles. The second kappa shape index (κ2) is 5.70. The largest absolute Gasteiger partial charge is 0.443 e. The van der Waals surface area contributed by atoms with E-state index in [1.54, 1.807) is 13.2 Å². The van der Waals surface area contributed by atoms with Crippen molar-refractivity contribution in [2.45, 2.75) is 39.7 Å². The van der Waals surface area contributed by atoms with Gasteiger partial charge < -0.3 is 15.1 Å². The number of guanidine groups is 1. The van der Waals surface area contributed by atoms with Crippen molar-refractivity contribution >= 4 is 5.96 Å². The van der Waals surface area contributed by atoms with E-state index in [1.165, 1.54) is 0 Å². The number of aromatic nitrogens is 1. The summed E-state index contributed by atoms with van der Waals surface area (Å²) in [5.74, 6) is 2.32. The van der Waals surface area contributed by atoms with Crippen molar-refractivity contribution in [1.82, 2.24) is 15.6 Å². The lowest BCUT2D eigenvalue weighted by atomic mass is 9.94. The fraction of sp³-hybridized carbons (Fsp3) is 0.667. The molecule has 0 unspecified atom stereocenters. The second-order valence-electron chi connectivity index (χ2n) is 4.82. The van der Waals surface area contributed by atoms with E-state index in [0.29, 0.717) is 12.4 Å². The fourth-order valence-electron chi connectivity index (χ4n) is 1.29. The normalized spacial score (nSPS) is 12.6. The van der Waals surface area contributed by atoms with Crippen molar-refractivity contribution in [2.24, 2.45) is 4.99 Å². The van der Waals surface area contributed by atoms with E-state index < -0.39 is 0 Å². The van der Waals surface area contributed by atoms with E-state index in [1.807, 2.05) is 6.92 Å². The van der Waals surface area contributed by atoms with Crippen LogP contribution in [0.2, 0.25) is 0 Å². The summed E-state index contributed by atoms with van der Waals surface area (Å²) < 4.78 is 5.66. The van der Waals surface area contributed by atoms with Crippen molar-refractivity contribution in [3.63, 3.8) is 0 Å². The Morgan fingerprint density at radius 3 is 2.59 bits per heavy atom. The van der Waals surface area contributed by atoms with Gasteiger partial charge in [0.15, 0.2) is 5.96 Å². The summed E-state index contributed by atoms with van der Waals surface area (Å²) in [5.41, 5.74) is -0.00536. The van der Waals surface area contributed by atoms with Crippen LogP contribution in [0.3, 0.4) is 0 Å². The van der Waals surface area contributed by atoms with Crippen molar-refractivity contribution in [1.29, 1.82) is 0 Å². The zero-order valence-electron chi connectivity index (χ0n) is 11.3. The highest BCUT2D eigenvalue weighted by Gasteiger charge is 2.18. The van der Waals surface area contributed by atoms with Gasteiger partial charge in [-0.25, -0.2) is 4.98 Å². The maximum Gasteiger partial charge on any atom is 0.213 e. The summed E-state index contributed by atoms with van der Waals surface area (Å²) in [6, 6.07) is 0. The highest BCUT2D eigenvalue weighted by atomic mass is 16.4. The number of nitrogens with one attached hydrogen (secondary N) is 2. The molecule has 0 atom stereocenters. The molecule has 0 spiro atoms. The van der Waals surface area contributed by atoms with Gasteiger partial charge in [0.2, 0.25) is 5.89 Å². The molecule has 0 aliphatic heterocycles. The summed E-state index contributed by atoms with van der Waals surface area (Å²) in [7, 11) is 1.74. The minimum absolute atomic E-state index is 0.00536. The van der Waals surface area contributed by atoms with Gasteiger partial charge in [0.05, 0.1) is 12.7 Å². The molecule has 0 radical (unpaired) electrons. The van der Waals surface area contributed by atoms with Gasteiger partial charge in [-0.3, -0.25) is 4.99 Å². The zero-order valence-corrected chi connectivity index (χ0v) is 11.3. The first kappa shape index (κ1) is 13.5. The number of aliphatic imine (C=N–C) groups is 1. The molecule has 17 heavy (non-hydrogen) atoms. The van der Waals surface area contributed by atoms with Gasteiger partial charge in [-0.05, 0) is 6.92 Å². The molecule has 0 aliphatic rings. The maximum atomic E-state index is 5.66. The van der Waals surface area contributed by atoms with Gasteiger partial charge in [0.1, 0.15) is 5.76 Å². The third-order valence-electron chi connectivity index (χ3n) is 2.27. The standard InChI is InChI=1S/C12H22N4O/c1-6-14-11(13-5)16-8-10-15-7-9(17-10)12(2,3)4/h7H,6,8H2,1-5H3,(H2,13,14,16). The maximum absolute atomic E-state index is 5.66. The van der Waals surface area contributed by atoms with Crippen LogP contribution >= 0.6 is 0 Å². The first-order valence-corrected chi connectivity index (χ1v) is 5.87. The molecule has 0 saturated heterocycles. The van der Waals surface area contributed by atoms with Crippen LogP contribution in [0.25, 0.3) is 0 Å². The van der Waals surface area contributed by atoms with E-state index in [2.05, 4.69) is 41.4 Å². The third-order valence-corrected chi connectivity index (χ3v) is 2.27. The average Bonchev–Trinajstić information content (AvgIpc) is 2.72. The Bertz CT molecular complexity index is 376. The molecule has 0 fully saturated rings. The SMILES string of the molecule is CCNC(=NC)NCc1ncc(C(C)(C)C)o1. The Balaban J connectivity index is 2.56. The Kier molecular flexibility index (Phi) is 4.54. The number of oxazole rings is 1. The fourth-order valence-corrected chi connectivity index (χ4v) is 1.29. The van der Waals surface area contributed by atoms with Gasteiger partial charge in [-0.15, -0.1) is 0 Å². The Morgan fingerprint density at radius 1 is 1.41 bits per heavy atom. The molecule has 1 rings (SSSR count). The van der Waals surface area contributed by atoms with Crippen LogP contribution in [0.5, 0.6) is 0 Å². The van der Waals surface area contributed by atoms with Crippen molar-refractivity contribution in [2.75, 3.05) is 13.6 Å². The predicted octanol–water partition coefficient (Wildman–Crippen LogP) is 1.66. The third kappa shape index (κ3) is 4.09. The molecular formula is C12H22N4O. The number of nitrogens with zero attached hydrogens (tertiary/aromatic N) is 2. The number of rotatable bonds is 3. The van der Waals surface area contributed by atoms with Crippen LogP contribution in [-0.4, -0.2) is 24.5 Å². The van der Waals surface area contributed by atoms with E-state index >= 15 is 0 Å². The molecule has 2 N–H and O–H groups in total. The number of hydrogen-bond acceptors (Lipinski definition) is 3. The van der Waals surface area contributed by atoms with Crippen LogP contribution in [0.4, 0.5) is 0 Å². The highest BCUT2D eigenvalue weighted by molar-refractivity contribution is 5.79. The molecule has 0 amide bonds. The van der Waals surface area contributed by atoms with Gasteiger partial charge >= 0.3 is 0 Å². The zero-order chi connectivity index (χ0) is 12.9. The molecule has 1 heterocycles. The predicted molar refractivity (Wildman–Crippen MR) is 69.1 cm³/mol. The molecule has 96 valence electrons. The van der Waals surface area contributed by atoms with Crippen LogP contribution in [0.1, 0.15) is 39.3 Å². The van der Waals surface area contributed by atoms with Gasteiger partial charge in [-0.1, -0.05) is 20.8 Å². The molecular weight excluding hydrogens is 216 g/mol. The first-order valence-electron chi connectivity index (χ1n) is 5.87. The molecule has 0 saturated carbocycles. The smallest absolute Gasteiger partial charge is 0.213 e. The van der Waals surface area contributed by atoms with Crippen molar-refractivity contribution in [3.8, 4) is 0 Å². The van der Waals surface area contributed by atoms with Crippen LogP contribution < -0.4 is 10.6 Å². The van der Waals surface area contributed by atoms with Crippen LogP contribution in [0, 0.1) is 0 Å². The molecule has 0 bridgehead atoms. The quantitative estimate of drug-likeness (QED) is 0.621. The summed E-state index contributed by atoms with van der Waals surface area (Å²) in [5, 5.41) is 6.24. The molecule has 1 aromatic heterocycles. The Labute approximate surface area is 103 Å². The van der Waals surface area contributed by atoms with E-state index in [4.69, 9.17) is 4.42 Å². The minimum Gasteiger partial charge on any atom is -0.443 e. The first-order chi connectivity index (χ1) is 7.97. The average molecular weight is 238 g/mol. The van der Waals surface area contributed by atoms with Gasteiger partial charge in [-0.2, -0.15) is 0 Å². The molecule has 5 nitrogen and oxygen atoms in total. The summed E-state index contributed by atoms with van der Waals surface area (Å²) in [6.45, 7) is 9.69. The van der Waals surface area contributed by atoms with E-state index in [-0.39, 0.29) is 5.41 Å². The lowest BCUT2D eigenvalue weighted by molar-refractivity contribution is 0.379. The molecule has 0 aromatic carbocycles. The lowest BCUT2D eigenvalue weighted by Crippen LogP contribution is -2.36. The Hall–Kier alpha value is -1.52. The van der Waals surface area contributed by atoms with Crippen LogP contribution in [-0.2, 0) is 12.0 Å². The summed E-state index contributed by atoms with van der Waals surface area (Å²) in [6.07, 6.45) is 1.78. The molecule has 5 heteroatoms. The van der Waals surface area contributed by atoms with Crippen LogP contribution in [0.15, 0.2) is 15.6 Å². The summed E-state index contributed by atoms with van der Waals surface area (Å²) in [4.78, 5) is 8.31. The lowest BCUT2D eigenvalue weighted by Gasteiger charge is -2.13. The second-order valence-corrected chi connectivity index (χ2v) is 4.82. The monoisotopic (exact) mass is 238 g/mol. The van der Waals surface area contributed by atoms with Crippen molar-refractivity contribution in [3.05, 3.63) is 17.8 Å². The Morgan fingerprint density at radius 2 is 2.12 bits per heavy atom. The topological polar surface area (TPSA) is 62.5 Å². The number of hydrogen-bond donors (Lipinski definition) is 2. The summed E-state index contributed by atoms with van der Waals surface area (Å²) >= 11 is 0. The minimum atomic E-state index is -0.00536. The molecule has 1 aromatic rings. The van der Waals surface area contributed by atoms with Gasteiger partial charge in [0.25, 0.3) is 0 Å².